The van der Waals surface area contributed by atoms with Crippen LogP contribution in [0.25, 0.3) is 0 Å². The van der Waals surface area contributed by atoms with E-state index in [9.17, 15) is 26.4 Å². The van der Waals surface area contributed by atoms with E-state index in [0.717, 1.165) is 77.0 Å². The first-order valence-electron chi connectivity index (χ1n) is 14.9. The fraction of sp³-hybridized carbons (Fsp3) is 0.926. The number of amides is 1. The van der Waals surface area contributed by atoms with Gasteiger partial charge in [-0.1, -0.05) is 44.9 Å². The number of sulfonamides is 2. The van der Waals surface area contributed by atoms with Crippen LogP contribution in [-0.2, 0) is 34.4 Å². The molecule has 1 amide bonds. The second kappa shape index (κ2) is 15.1. The monoisotopic (exact) mass is 591 g/mol. The first-order valence-corrected chi connectivity index (χ1v) is 18.1. The normalized spacial score (nSPS) is 26.8. The summed E-state index contributed by atoms with van der Waals surface area (Å²) in [4.78, 5) is 23.2. The van der Waals surface area contributed by atoms with Gasteiger partial charge in [-0.05, 0) is 69.6 Å². The summed E-state index contributed by atoms with van der Waals surface area (Å²) in [6.07, 6.45) is 15.5. The predicted octanol–water partition coefficient (Wildman–Crippen LogP) is 3.16. The van der Waals surface area contributed by atoms with Crippen molar-refractivity contribution in [2.24, 2.45) is 17.6 Å². The maximum absolute atomic E-state index is 12.6. The van der Waals surface area contributed by atoms with Crippen molar-refractivity contribution in [1.82, 2.24) is 8.61 Å². The van der Waals surface area contributed by atoms with E-state index < -0.39 is 44.0 Å². The van der Waals surface area contributed by atoms with Gasteiger partial charge in [-0.3, -0.25) is 9.59 Å². The lowest BCUT2D eigenvalue weighted by Gasteiger charge is -2.34. The highest BCUT2D eigenvalue weighted by Gasteiger charge is 2.39. The molecule has 0 aromatic heterocycles. The maximum Gasteiger partial charge on any atom is 0.324 e. The van der Waals surface area contributed by atoms with Gasteiger partial charge in [-0.2, -0.15) is 8.61 Å². The van der Waals surface area contributed by atoms with Gasteiger partial charge in [0.05, 0.1) is 18.6 Å². The zero-order valence-electron chi connectivity index (χ0n) is 23.6. The molecule has 2 saturated carbocycles. The maximum atomic E-state index is 12.6. The van der Waals surface area contributed by atoms with Gasteiger partial charge >= 0.3 is 5.97 Å². The number of hydrogen-bond donors (Lipinski definition) is 1. The van der Waals surface area contributed by atoms with Gasteiger partial charge in [0, 0.05) is 13.1 Å². The van der Waals surface area contributed by atoms with Crippen molar-refractivity contribution < 1.29 is 31.2 Å². The van der Waals surface area contributed by atoms with E-state index >= 15 is 0 Å². The van der Waals surface area contributed by atoms with Crippen LogP contribution < -0.4 is 5.73 Å². The van der Waals surface area contributed by atoms with E-state index in [1.165, 1.54) is 28.6 Å². The number of rotatable bonds is 8. The Kier molecular flexibility index (Phi) is 12.5. The van der Waals surface area contributed by atoms with Gasteiger partial charge in [0.1, 0.15) is 12.1 Å². The second-order valence-corrected chi connectivity index (χ2v) is 15.7. The number of carbonyl (C=O) groups is 2. The summed E-state index contributed by atoms with van der Waals surface area (Å²) in [6, 6.07) is -1.23. The molecule has 0 bridgehead atoms. The van der Waals surface area contributed by atoms with E-state index in [1.54, 1.807) is 0 Å². The van der Waals surface area contributed by atoms with Gasteiger partial charge in [0.2, 0.25) is 26.0 Å². The summed E-state index contributed by atoms with van der Waals surface area (Å²) in [6.45, 7) is 0.900. The zero-order chi connectivity index (χ0) is 28.5. The van der Waals surface area contributed by atoms with Crippen molar-refractivity contribution in [2.75, 3.05) is 31.7 Å². The number of methoxy groups -OCH3 is 1. The van der Waals surface area contributed by atoms with Crippen LogP contribution in [0.15, 0.2) is 0 Å². The van der Waals surface area contributed by atoms with Crippen LogP contribution in [0.4, 0.5) is 0 Å². The molecule has 12 heteroatoms. The molecule has 10 nitrogen and oxygen atoms in total. The first kappa shape index (κ1) is 32.3. The second-order valence-electron chi connectivity index (χ2n) is 11.7. The standard InChI is InChI=1S/C14H25NO4S.C13H24N2O3S/c1-19-14(16)13-9-5-6-10-15(13)20(17,18)11-12-7-3-2-4-8-12;14-13(16)12-8-4-5-9-15(12)19(17,18)10-11-6-2-1-3-7-11/h12-13H,2-11H2,1H3;11-12H,1-10H2,(H2,14,16)/t13-;12-/m00/s1. The first-order chi connectivity index (χ1) is 18.5. The van der Waals surface area contributed by atoms with Crippen LogP contribution in [0.2, 0.25) is 0 Å². The van der Waals surface area contributed by atoms with Crippen molar-refractivity contribution in [3.05, 3.63) is 0 Å². The van der Waals surface area contributed by atoms with E-state index in [0.29, 0.717) is 25.9 Å². The van der Waals surface area contributed by atoms with Crippen LogP contribution in [-0.4, -0.2) is 81.1 Å². The SMILES string of the molecule is COC(=O)[C@@H]1CCCCN1S(=O)(=O)CC1CCCCC1.NC(=O)[C@@H]1CCCCN1S(=O)(=O)CC1CCCCC1. The van der Waals surface area contributed by atoms with Crippen LogP contribution in [0, 0.1) is 11.8 Å². The molecule has 0 aromatic carbocycles. The number of esters is 1. The quantitative estimate of drug-likeness (QED) is 0.427. The molecule has 4 aliphatic rings. The predicted molar refractivity (Wildman–Crippen MR) is 151 cm³/mol. The summed E-state index contributed by atoms with van der Waals surface area (Å²) in [5.41, 5.74) is 5.34. The Morgan fingerprint density at radius 3 is 1.44 bits per heavy atom. The van der Waals surface area contributed by atoms with Crippen molar-refractivity contribution in [3.63, 3.8) is 0 Å². The summed E-state index contributed by atoms with van der Waals surface area (Å²) in [5.74, 6) is -0.0240. The van der Waals surface area contributed by atoms with Gasteiger partial charge in [-0.15, -0.1) is 0 Å². The van der Waals surface area contributed by atoms with Crippen LogP contribution in [0.3, 0.4) is 0 Å². The van der Waals surface area contributed by atoms with Gasteiger partial charge in [-0.25, -0.2) is 16.8 Å². The van der Waals surface area contributed by atoms with Crippen molar-refractivity contribution in [2.45, 2.75) is 115 Å². The van der Waals surface area contributed by atoms with E-state index in [4.69, 9.17) is 10.5 Å². The minimum absolute atomic E-state index is 0.191. The Bertz CT molecular complexity index is 1010. The van der Waals surface area contributed by atoms with Gasteiger partial charge in [0.15, 0.2) is 0 Å². The van der Waals surface area contributed by atoms with Crippen molar-refractivity contribution in [3.8, 4) is 0 Å². The largest absolute Gasteiger partial charge is 0.468 e. The molecule has 0 aromatic rings. The van der Waals surface area contributed by atoms with Crippen molar-refractivity contribution in [1.29, 1.82) is 0 Å². The molecule has 2 N–H and O–H groups in total. The molecule has 2 aliphatic carbocycles. The highest BCUT2D eigenvalue weighted by atomic mass is 32.2. The van der Waals surface area contributed by atoms with E-state index in [2.05, 4.69) is 0 Å². The summed E-state index contributed by atoms with van der Waals surface area (Å²) in [5, 5.41) is 0. The fourth-order valence-electron chi connectivity index (χ4n) is 6.63. The molecular weight excluding hydrogens is 542 g/mol. The Balaban J connectivity index is 0.000000216. The summed E-state index contributed by atoms with van der Waals surface area (Å²) >= 11 is 0. The minimum Gasteiger partial charge on any atom is -0.468 e. The minimum atomic E-state index is -3.35. The zero-order valence-corrected chi connectivity index (χ0v) is 25.2. The lowest BCUT2D eigenvalue weighted by Crippen LogP contribution is -2.51. The fourth-order valence-corrected chi connectivity index (χ4v) is 10.9. The van der Waals surface area contributed by atoms with Crippen molar-refractivity contribution >= 4 is 31.9 Å². The lowest BCUT2D eigenvalue weighted by molar-refractivity contribution is -0.146. The van der Waals surface area contributed by atoms with Gasteiger partial charge in [0.25, 0.3) is 0 Å². The number of nitrogens with two attached hydrogens (primary N) is 1. The van der Waals surface area contributed by atoms with Crippen LogP contribution in [0.1, 0.15) is 103 Å². The molecule has 4 rings (SSSR count). The van der Waals surface area contributed by atoms with Crippen LogP contribution >= 0.6 is 0 Å². The van der Waals surface area contributed by atoms with Gasteiger partial charge < -0.3 is 10.5 Å². The molecule has 39 heavy (non-hydrogen) atoms. The summed E-state index contributed by atoms with van der Waals surface area (Å²) < 4.78 is 57.7. The average molecular weight is 592 g/mol. The van der Waals surface area contributed by atoms with E-state index in [1.807, 2.05) is 0 Å². The summed E-state index contributed by atoms with van der Waals surface area (Å²) in [7, 11) is -5.38. The third-order valence-electron chi connectivity index (χ3n) is 8.77. The average Bonchev–Trinajstić information content (AvgIpc) is 2.93. The Morgan fingerprint density at radius 1 is 0.641 bits per heavy atom. The van der Waals surface area contributed by atoms with E-state index in [-0.39, 0.29) is 23.3 Å². The molecule has 2 heterocycles. The molecule has 0 spiro atoms. The third kappa shape index (κ3) is 9.39. The number of primary amides is 1. The molecule has 2 atom stereocenters. The molecule has 2 aliphatic heterocycles. The highest BCUT2D eigenvalue weighted by molar-refractivity contribution is 7.89. The third-order valence-corrected chi connectivity index (χ3v) is 12.9. The Hall–Kier alpha value is -1.24. The number of piperidine rings is 2. The lowest BCUT2D eigenvalue weighted by atomic mass is 9.91. The molecular formula is C27H49N3O7S2. The Labute approximate surface area is 235 Å². The van der Waals surface area contributed by atoms with Crippen LogP contribution in [0.5, 0.6) is 0 Å². The Morgan fingerprint density at radius 2 is 1.03 bits per heavy atom. The number of nitrogens with zero attached hydrogens (tertiary/aromatic N) is 2. The molecule has 4 fully saturated rings. The molecule has 0 radical (unpaired) electrons. The molecule has 2 saturated heterocycles. The number of ether oxygens (including phenoxy) is 1. The molecule has 0 unspecified atom stereocenters. The number of hydrogen-bond acceptors (Lipinski definition) is 7. The topological polar surface area (TPSA) is 144 Å². The molecule has 226 valence electrons. The smallest absolute Gasteiger partial charge is 0.324 e. The highest BCUT2D eigenvalue weighted by Crippen LogP contribution is 2.30. The number of carbonyl (C=O) groups excluding carboxylic acids is 2.